The summed E-state index contributed by atoms with van der Waals surface area (Å²) >= 11 is 1.54. The average molecular weight is 273 g/mol. The van der Waals surface area contributed by atoms with Crippen molar-refractivity contribution in [3.8, 4) is 0 Å². The van der Waals surface area contributed by atoms with Crippen LogP contribution in [0.25, 0.3) is 0 Å². The molecule has 0 aromatic carbocycles. The van der Waals surface area contributed by atoms with Crippen molar-refractivity contribution in [2.24, 2.45) is 0 Å². The predicted octanol–water partition coefficient (Wildman–Crippen LogP) is 2.42. The maximum absolute atomic E-state index is 11.9. The Hall–Kier alpha value is -0.710. The van der Waals surface area contributed by atoms with Gasteiger partial charge in [0.2, 0.25) is 5.91 Å². The summed E-state index contributed by atoms with van der Waals surface area (Å²) in [4.78, 5) is 23.3. The number of carboxylic acids is 1. The Morgan fingerprint density at radius 2 is 1.78 bits per heavy atom. The van der Waals surface area contributed by atoms with Crippen molar-refractivity contribution in [1.82, 2.24) is 5.32 Å². The minimum absolute atomic E-state index is 0.0142. The van der Waals surface area contributed by atoms with Gasteiger partial charge in [-0.05, 0) is 12.8 Å². The minimum atomic E-state index is -1.02. The summed E-state index contributed by atoms with van der Waals surface area (Å²) in [6.07, 6.45) is 3.90. The first-order valence-corrected chi connectivity index (χ1v) is 7.42. The molecular weight excluding hydrogens is 250 g/mol. The van der Waals surface area contributed by atoms with Gasteiger partial charge in [-0.2, -0.15) is 0 Å². The molecular formula is C13H23NO3S. The van der Waals surface area contributed by atoms with Crippen molar-refractivity contribution in [3.63, 3.8) is 0 Å². The highest BCUT2D eigenvalue weighted by Gasteiger charge is 2.40. The fourth-order valence-electron chi connectivity index (χ4n) is 2.13. The smallest absolute Gasteiger partial charge is 0.329 e. The van der Waals surface area contributed by atoms with Gasteiger partial charge in [0, 0.05) is 4.75 Å². The average Bonchev–Trinajstić information content (AvgIpc) is 2.26. The van der Waals surface area contributed by atoms with E-state index in [9.17, 15) is 14.7 Å². The zero-order valence-electron chi connectivity index (χ0n) is 11.4. The van der Waals surface area contributed by atoms with Crippen LogP contribution in [0.15, 0.2) is 0 Å². The Balaban J connectivity index is 2.56. The van der Waals surface area contributed by atoms with Gasteiger partial charge in [0.25, 0.3) is 0 Å². The van der Waals surface area contributed by atoms with Gasteiger partial charge in [0.1, 0.15) is 5.54 Å². The zero-order valence-corrected chi connectivity index (χ0v) is 12.2. The van der Waals surface area contributed by atoms with E-state index >= 15 is 0 Å². The Morgan fingerprint density at radius 1 is 1.22 bits per heavy atom. The van der Waals surface area contributed by atoms with Crippen molar-refractivity contribution in [2.45, 2.75) is 63.2 Å². The summed E-state index contributed by atoms with van der Waals surface area (Å²) in [5.41, 5.74) is -1.02. The molecule has 0 aromatic rings. The second-order valence-corrected chi connectivity index (χ2v) is 7.70. The van der Waals surface area contributed by atoms with E-state index in [1.54, 1.807) is 0 Å². The van der Waals surface area contributed by atoms with E-state index in [2.05, 4.69) is 5.32 Å². The lowest BCUT2D eigenvalue weighted by Gasteiger charge is -2.34. The van der Waals surface area contributed by atoms with E-state index in [0.717, 1.165) is 19.3 Å². The van der Waals surface area contributed by atoms with Crippen LogP contribution in [-0.2, 0) is 9.59 Å². The van der Waals surface area contributed by atoms with Crippen molar-refractivity contribution < 1.29 is 14.7 Å². The van der Waals surface area contributed by atoms with Crippen LogP contribution in [0.5, 0.6) is 0 Å². The number of carbonyl (C=O) groups is 2. The van der Waals surface area contributed by atoms with Gasteiger partial charge in [-0.15, -0.1) is 11.8 Å². The number of carboxylic acid groups (broad SMARTS) is 1. The third-order valence-electron chi connectivity index (χ3n) is 3.13. The fraction of sp³-hybridized carbons (Fsp3) is 0.846. The number of carbonyl (C=O) groups excluding carboxylic acids is 1. The number of rotatable bonds is 4. The first-order chi connectivity index (χ1) is 8.25. The standard InChI is InChI=1S/C13H23NO3S/c1-12(2,3)18-9-10(15)14-13(11(16)17)7-5-4-6-8-13/h4-9H2,1-3H3,(H,14,15)(H,16,17). The van der Waals surface area contributed by atoms with Crippen molar-refractivity contribution >= 4 is 23.6 Å². The van der Waals surface area contributed by atoms with Crippen LogP contribution in [0.2, 0.25) is 0 Å². The topological polar surface area (TPSA) is 66.4 Å². The van der Waals surface area contributed by atoms with Crippen LogP contribution in [0.3, 0.4) is 0 Å². The van der Waals surface area contributed by atoms with E-state index in [4.69, 9.17) is 0 Å². The fourth-order valence-corrected chi connectivity index (χ4v) is 2.77. The van der Waals surface area contributed by atoms with Crippen molar-refractivity contribution in [3.05, 3.63) is 0 Å². The maximum Gasteiger partial charge on any atom is 0.329 e. The van der Waals surface area contributed by atoms with Crippen LogP contribution >= 0.6 is 11.8 Å². The first kappa shape index (κ1) is 15.3. The molecule has 1 aliphatic carbocycles. The Labute approximate surface area is 113 Å². The van der Waals surface area contributed by atoms with Crippen molar-refractivity contribution in [2.75, 3.05) is 5.75 Å². The van der Waals surface area contributed by atoms with Gasteiger partial charge >= 0.3 is 5.97 Å². The van der Waals surface area contributed by atoms with Gasteiger partial charge in [-0.1, -0.05) is 40.0 Å². The molecule has 0 aliphatic heterocycles. The van der Waals surface area contributed by atoms with E-state index in [0.29, 0.717) is 18.6 Å². The molecule has 1 rings (SSSR count). The summed E-state index contributed by atoms with van der Waals surface area (Å²) in [5.74, 6) is -0.742. The van der Waals surface area contributed by atoms with Crippen LogP contribution in [0, 0.1) is 0 Å². The lowest BCUT2D eigenvalue weighted by atomic mass is 9.81. The maximum atomic E-state index is 11.9. The SMILES string of the molecule is CC(C)(C)SCC(=O)NC1(C(=O)O)CCCCC1. The Kier molecular flexibility index (Phi) is 5.08. The molecule has 18 heavy (non-hydrogen) atoms. The largest absolute Gasteiger partial charge is 0.480 e. The Bertz CT molecular complexity index is 317. The second kappa shape index (κ2) is 5.95. The molecule has 0 unspecified atom stereocenters. The number of hydrogen-bond acceptors (Lipinski definition) is 3. The monoisotopic (exact) mass is 273 g/mol. The lowest BCUT2D eigenvalue weighted by Crippen LogP contribution is -2.56. The van der Waals surface area contributed by atoms with E-state index in [1.807, 2.05) is 20.8 Å². The van der Waals surface area contributed by atoms with Gasteiger partial charge in [-0.3, -0.25) is 4.79 Å². The molecule has 2 N–H and O–H groups in total. The molecule has 0 spiro atoms. The third kappa shape index (κ3) is 4.52. The molecule has 0 atom stereocenters. The molecule has 0 heterocycles. The lowest BCUT2D eigenvalue weighted by molar-refractivity contribution is -0.148. The molecule has 104 valence electrons. The van der Waals surface area contributed by atoms with Gasteiger partial charge in [0.15, 0.2) is 0 Å². The highest BCUT2D eigenvalue weighted by molar-refractivity contribution is 8.01. The van der Waals surface area contributed by atoms with Crippen LogP contribution in [0.1, 0.15) is 52.9 Å². The molecule has 1 saturated carbocycles. The summed E-state index contributed by atoms with van der Waals surface area (Å²) in [7, 11) is 0. The molecule has 0 radical (unpaired) electrons. The number of aliphatic carboxylic acids is 1. The van der Waals surface area contributed by atoms with Crippen LogP contribution in [0.4, 0.5) is 0 Å². The van der Waals surface area contributed by atoms with Gasteiger partial charge in [0.05, 0.1) is 5.75 Å². The summed E-state index contributed by atoms with van der Waals surface area (Å²) in [5, 5.41) is 12.1. The van der Waals surface area contributed by atoms with Gasteiger partial charge in [-0.25, -0.2) is 4.79 Å². The van der Waals surface area contributed by atoms with E-state index < -0.39 is 11.5 Å². The zero-order chi connectivity index (χ0) is 13.8. The highest BCUT2D eigenvalue weighted by Crippen LogP contribution is 2.29. The van der Waals surface area contributed by atoms with Crippen molar-refractivity contribution in [1.29, 1.82) is 0 Å². The molecule has 4 nitrogen and oxygen atoms in total. The number of hydrogen-bond donors (Lipinski definition) is 2. The number of amides is 1. The third-order valence-corrected chi connectivity index (χ3v) is 4.40. The summed E-state index contributed by atoms with van der Waals surface area (Å²) in [6, 6.07) is 0. The van der Waals surface area contributed by atoms with Gasteiger partial charge < -0.3 is 10.4 Å². The normalized spacial score (nSPS) is 19.3. The van der Waals surface area contributed by atoms with Crippen LogP contribution < -0.4 is 5.32 Å². The van der Waals surface area contributed by atoms with Crippen LogP contribution in [-0.4, -0.2) is 33.0 Å². The minimum Gasteiger partial charge on any atom is -0.480 e. The quantitative estimate of drug-likeness (QED) is 0.825. The molecule has 0 bridgehead atoms. The molecule has 1 aliphatic rings. The molecule has 1 fully saturated rings. The van der Waals surface area contributed by atoms with E-state index in [-0.39, 0.29) is 10.7 Å². The molecule has 1 amide bonds. The summed E-state index contributed by atoms with van der Waals surface area (Å²) in [6.45, 7) is 6.12. The second-order valence-electron chi connectivity index (χ2n) is 5.90. The molecule has 5 heteroatoms. The van der Waals surface area contributed by atoms with E-state index in [1.165, 1.54) is 11.8 Å². The predicted molar refractivity (Wildman–Crippen MR) is 73.8 cm³/mol. The summed E-state index contributed by atoms with van der Waals surface area (Å²) < 4.78 is 0.0142. The highest BCUT2D eigenvalue weighted by atomic mass is 32.2. The number of nitrogens with one attached hydrogen (secondary N) is 1. The first-order valence-electron chi connectivity index (χ1n) is 6.44. The molecule has 0 saturated heterocycles. The number of thioether (sulfide) groups is 1. The Morgan fingerprint density at radius 3 is 2.22 bits per heavy atom. The molecule has 0 aromatic heterocycles.